The van der Waals surface area contributed by atoms with E-state index in [1.165, 1.54) is 22.3 Å². The molecule has 9 heterocycles. The molecule has 3 unspecified atom stereocenters. The molecule has 3 saturated heterocycles. The number of piperidine rings is 3. The summed E-state index contributed by atoms with van der Waals surface area (Å²) in [5, 5.41) is 13.0. The first-order chi connectivity index (χ1) is 40.1. The average molecular weight is 1250 g/mol. The van der Waals surface area contributed by atoms with E-state index in [1.807, 2.05) is 12.1 Å². The molecule has 3 N–H and O–H groups in total. The fourth-order valence-electron chi connectivity index (χ4n) is 16.0. The van der Waals surface area contributed by atoms with Crippen LogP contribution in [0.2, 0.25) is 5.02 Å². The maximum Gasteiger partial charge on any atom is 0.282 e. The second-order valence-corrected chi connectivity index (χ2v) is 27.4. The maximum absolute atomic E-state index is 14.9. The Hall–Kier alpha value is -6.13. The van der Waals surface area contributed by atoms with E-state index in [0.29, 0.717) is 49.7 Å². The molecule has 0 saturated carbocycles. The number of benzene rings is 6. The molecule has 3 atom stereocenters. The number of fused-ring (bicyclic) bond motifs is 15. The van der Waals surface area contributed by atoms with Gasteiger partial charge in [-0.15, -0.1) is 0 Å². The smallest absolute Gasteiger partial charge is 0.282 e. The summed E-state index contributed by atoms with van der Waals surface area (Å²) in [6, 6.07) is 35.1. The van der Waals surface area contributed by atoms with Gasteiger partial charge in [0.1, 0.15) is 17.5 Å². The van der Waals surface area contributed by atoms with Gasteiger partial charge in [-0.3, -0.25) is 28.1 Å². The predicted octanol–water partition coefficient (Wildman–Crippen LogP) is 13.0. The zero-order valence-corrected chi connectivity index (χ0v) is 51.4. The quantitative estimate of drug-likeness (QED) is 0.136. The van der Waals surface area contributed by atoms with Crippen molar-refractivity contribution in [1.29, 1.82) is 0 Å². The molecule has 15 heteroatoms. The first-order valence-electron chi connectivity index (χ1n) is 29.9. The molecule has 3 aromatic heterocycles. The van der Waals surface area contributed by atoms with Crippen LogP contribution in [0.15, 0.2) is 120 Å². The molecular formula is C68H66Br2ClN9O3. The van der Waals surface area contributed by atoms with E-state index in [1.54, 1.807) is 6.07 Å². The van der Waals surface area contributed by atoms with Crippen molar-refractivity contribution in [3.05, 3.63) is 204 Å². The minimum atomic E-state index is -0.753. The molecule has 6 aliphatic heterocycles. The Morgan fingerprint density at radius 2 is 1.06 bits per heavy atom. The lowest BCUT2D eigenvalue weighted by Crippen LogP contribution is -2.32. The Morgan fingerprint density at radius 3 is 1.72 bits per heavy atom. The molecule has 9 aromatic rings. The van der Waals surface area contributed by atoms with Gasteiger partial charge in [0.15, 0.2) is 0 Å². The zero-order valence-electron chi connectivity index (χ0n) is 47.5. The van der Waals surface area contributed by atoms with Crippen LogP contribution in [0.3, 0.4) is 0 Å². The molecule has 0 spiro atoms. The van der Waals surface area contributed by atoms with Crippen LogP contribution in [-0.2, 0) is 22.7 Å². The van der Waals surface area contributed by atoms with Crippen molar-refractivity contribution >= 4 is 76.2 Å². The Balaban J connectivity index is 0.841. The van der Waals surface area contributed by atoms with Crippen molar-refractivity contribution in [3.63, 3.8) is 0 Å². The van der Waals surface area contributed by atoms with Crippen LogP contribution in [0, 0.1) is 0 Å². The van der Waals surface area contributed by atoms with Gasteiger partial charge < -0.3 is 16.0 Å². The summed E-state index contributed by atoms with van der Waals surface area (Å²) in [7, 11) is 0. The van der Waals surface area contributed by atoms with Crippen LogP contribution >= 0.6 is 43.5 Å². The molecule has 6 aromatic carbocycles. The van der Waals surface area contributed by atoms with Gasteiger partial charge in [0.2, 0.25) is 0 Å². The Labute approximate surface area is 503 Å². The summed E-state index contributed by atoms with van der Waals surface area (Å²) in [6.45, 7) is 15.8. The molecule has 83 heavy (non-hydrogen) atoms. The van der Waals surface area contributed by atoms with E-state index in [9.17, 15) is 14.4 Å². The molecule has 0 radical (unpaired) electrons. The number of nitrogens with zero attached hydrogens (tertiary/aromatic N) is 6. The van der Waals surface area contributed by atoms with Crippen LogP contribution in [0.4, 0.5) is 0 Å². The second kappa shape index (κ2) is 19.7. The molecule has 0 aliphatic carbocycles. The molecule has 6 aliphatic rings. The first-order valence-corrected chi connectivity index (χ1v) is 31.9. The monoisotopic (exact) mass is 1250 g/mol. The lowest BCUT2D eigenvalue weighted by molar-refractivity contribution is 0.369. The van der Waals surface area contributed by atoms with Crippen LogP contribution in [0.1, 0.15) is 172 Å². The Bertz CT molecular complexity index is 4460. The van der Waals surface area contributed by atoms with E-state index in [-0.39, 0.29) is 28.6 Å². The predicted molar refractivity (Wildman–Crippen MR) is 338 cm³/mol. The number of hydrogen-bond donors (Lipinski definition) is 3. The van der Waals surface area contributed by atoms with Crippen molar-refractivity contribution in [3.8, 4) is 17.1 Å². The van der Waals surface area contributed by atoms with Crippen LogP contribution in [-0.4, -0.2) is 61.4 Å². The van der Waals surface area contributed by atoms with Gasteiger partial charge in [-0.05, 0) is 260 Å². The lowest BCUT2D eigenvalue weighted by atomic mass is 9.75. The number of rotatable bonds is 8. The SMILES string of the molecule is CCC1(CC)c2cc(C3CCNCC3)ccc2-n2c1nc(=O)c1c(Br)cc(CC3(C)c4cc(C5CCNCC5)ccc4-n4c3nc(=O)c3c(Br)cc(C5CC(c6ccc7c(c6)C(C)(C)c6nc(=O)c8c(Cl)cccc8n6-7)CCN5)cc34)cc12. The van der Waals surface area contributed by atoms with Gasteiger partial charge in [0.25, 0.3) is 16.7 Å². The summed E-state index contributed by atoms with van der Waals surface area (Å²) in [5.74, 6) is 3.37. The minimum Gasteiger partial charge on any atom is -0.317 e. The molecule has 12 nitrogen and oxygen atoms in total. The van der Waals surface area contributed by atoms with E-state index < -0.39 is 16.2 Å². The van der Waals surface area contributed by atoms with Gasteiger partial charge in [-0.2, -0.15) is 15.0 Å². The van der Waals surface area contributed by atoms with Gasteiger partial charge >= 0.3 is 0 Å². The fourth-order valence-corrected chi connectivity index (χ4v) is 17.6. The maximum atomic E-state index is 14.9. The summed E-state index contributed by atoms with van der Waals surface area (Å²) in [6.07, 6.45) is 8.28. The standard InChI is InChI=1S/C68H66Br2ClN9O3/c1-6-68(7-2)46-31-40(38-19-24-73-25-20-38)12-16-53(46)80-55-28-36(27-47(69)57(55)61(82)77-65(68)80)35-67(5)45-30-39(37-17-22-72-23-18-37)11-15-52(45)79-56-34-43(32-48(70)58(56)60(81)76-64(67)79)50-33-42(21-26-74-50)41-13-14-51-44(29-41)66(3,4)63-75-62(83)59-49(71)9-8-10-54(59)78(51)63/h8-16,27-32,34,37-38,42,50,72-74H,6-7,17-26,33,35H2,1-5H3. The second-order valence-electron chi connectivity index (χ2n) is 25.3. The molecule has 0 amide bonds. The van der Waals surface area contributed by atoms with Crippen LogP contribution < -0.4 is 32.6 Å². The largest absolute Gasteiger partial charge is 0.317 e. The summed E-state index contributed by atoms with van der Waals surface area (Å²) in [4.78, 5) is 57.7. The van der Waals surface area contributed by atoms with Crippen molar-refractivity contribution in [1.82, 2.24) is 44.6 Å². The number of aromatic nitrogens is 6. The topological polar surface area (TPSA) is 141 Å². The van der Waals surface area contributed by atoms with Gasteiger partial charge in [0.05, 0.1) is 71.0 Å². The van der Waals surface area contributed by atoms with E-state index in [4.69, 9.17) is 21.6 Å². The lowest BCUT2D eigenvalue weighted by Gasteiger charge is -2.32. The van der Waals surface area contributed by atoms with Crippen LogP contribution in [0.5, 0.6) is 0 Å². The van der Waals surface area contributed by atoms with Crippen molar-refractivity contribution in [2.75, 3.05) is 32.7 Å². The highest BCUT2D eigenvalue weighted by atomic mass is 79.9. The Morgan fingerprint density at radius 1 is 0.542 bits per heavy atom. The Kier molecular flexibility index (Phi) is 12.7. The first kappa shape index (κ1) is 53.6. The molecule has 3 fully saturated rings. The van der Waals surface area contributed by atoms with Gasteiger partial charge in [-0.25, -0.2) is 0 Å². The average Bonchev–Trinajstić information content (AvgIpc) is 1.75. The highest BCUT2D eigenvalue weighted by Crippen LogP contribution is 2.52. The number of nitrogens with one attached hydrogen (secondary N) is 3. The van der Waals surface area contributed by atoms with Gasteiger partial charge in [0, 0.05) is 15.0 Å². The highest BCUT2D eigenvalue weighted by molar-refractivity contribution is 9.11. The van der Waals surface area contributed by atoms with Gasteiger partial charge in [-0.1, -0.05) is 67.9 Å². The van der Waals surface area contributed by atoms with Crippen molar-refractivity contribution in [2.24, 2.45) is 0 Å². The molecule has 15 rings (SSSR count). The zero-order chi connectivity index (χ0) is 57.0. The van der Waals surface area contributed by atoms with E-state index >= 15 is 0 Å². The third-order valence-electron chi connectivity index (χ3n) is 20.5. The van der Waals surface area contributed by atoms with E-state index in [0.717, 1.165) is 156 Å². The summed E-state index contributed by atoms with van der Waals surface area (Å²) >= 11 is 14.5. The fraction of sp³-hybridized carbons (Fsp3) is 0.382. The third-order valence-corrected chi connectivity index (χ3v) is 22.1. The number of halogens is 3. The summed E-state index contributed by atoms with van der Waals surface area (Å²) < 4.78 is 8.11. The minimum absolute atomic E-state index is 0.0119. The molecule has 0 bridgehead atoms. The van der Waals surface area contributed by atoms with Crippen molar-refractivity contribution < 1.29 is 0 Å². The van der Waals surface area contributed by atoms with E-state index in [2.05, 4.69) is 180 Å². The van der Waals surface area contributed by atoms with Crippen molar-refractivity contribution in [2.45, 2.75) is 132 Å². The normalized spacial score (nSPS) is 21.5. The summed E-state index contributed by atoms with van der Waals surface area (Å²) in [5.41, 5.74) is 12.7. The molecule has 422 valence electrons. The highest BCUT2D eigenvalue weighted by Gasteiger charge is 2.47. The molecular weight excluding hydrogens is 1190 g/mol. The third kappa shape index (κ3) is 7.97. The van der Waals surface area contributed by atoms with Crippen LogP contribution in [0.25, 0.3) is 49.8 Å². The number of hydrogen-bond acceptors (Lipinski definition) is 9.